The van der Waals surface area contributed by atoms with Gasteiger partial charge in [0.1, 0.15) is 5.82 Å². The van der Waals surface area contributed by atoms with Crippen LogP contribution in [0.1, 0.15) is 56.3 Å². The monoisotopic (exact) mass is 249 g/mol. The van der Waals surface area contributed by atoms with Gasteiger partial charge in [-0.25, -0.2) is 4.98 Å². The summed E-state index contributed by atoms with van der Waals surface area (Å²) in [4.78, 5) is 15.8. The van der Waals surface area contributed by atoms with Gasteiger partial charge in [0.2, 0.25) is 0 Å². The van der Waals surface area contributed by atoms with Crippen LogP contribution in [0.5, 0.6) is 0 Å². The second kappa shape index (κ2) is 7.69. The Morgan fingerprint density at radius 1 is 1.44 bits per heavy atom. The molecule has 4 heteroatoms. The van der Waals surface area contributed by atoms with E-state index in [1.54, 1.807) is 18.3 Å². The molecule has 1 atom stereocenters. The topological polar surface area (TPSA) is 68.0 Å². The van der Waals surface area contributed by atoms with Gasteiger partial charge in [-0.2, -0.15) is 0 Å². The Kier molecular flexibility index (Phi) is 6.19. The number of anilines is 1. The van der Waals surface area contributed by atoms with Crippen LogP contribution in [-0.4, -0.2) is 16.9 Å². The number of hydrogen-bond donors (Lipinski definition) is 2. The highest BCUT2D eigenvalue weighted by atomic mass is 16.1. The molecular formula is C14H23N3O. The molecular weight excluding hydrogens is 226 g/mol. The number of unbranched alkanes of at least 4 members (excludes halogenated alkanes) is 3. The van der Waals surface area contributed by atoms with E-state index in [0.717, 1.165) is 12.8 Å². The number of aromatic nitrogens is 1. The van der Waals surface area contributed by atoms with Crippen molar-refractivity contribution < 1.29 is 4.79 Å². The maximum absolute atomic E-state index is 11.9. The first-order valence-electron chi connectivity index (χ1n) is 6.66. The average Bonchev–Trinajstić information content (AvgIpc) is 2.34. The first-order valence-corrected chi connectivity index (χ1v) is 6.66. The first-order chi connectivity index (χ1) is 8.63. The lowest BCUT2D eigenvalue weighted by molar-refractivity contribution is 0.0938. The van der Waals surface area contributed by atoms with Gasteiger partial charge in [-0.15, -0.1) is 0 Å². The van der Waals surface area contributed by atoms with Crippen molar-refractivity contribution in [1.82, 2.24) is 10.3 Å². The summed E-state index contributed by atoms with van der Waals surface area (Å²) in [5.74, 6) is 0.297. The van der Waals surface area contributed by atoms with Crippen molar-refractivity contribution in [2.45, 2.75) is 52.0 Å². The summed E-state index contributed by atoms with van der Waals surface area (Å²) in [5.41, 5.74) is 6.12. The van der Waals surface area contributed by atoms with Gasteiger partial charge in [0, 0.05) is 17.8 Å². The van der Waals surface area contributed by atoms with Crippen LogP contribution < -0.4 is 11.1 Å². The van der Waals surface area contributed by atoms with Crippen LogP contribution in [0.15, 0.2) is 18.3 Å². The number of nitrogens with zero attached hydrogens (tertiary/aromatic N) is 1. The molecule has 100 valence electrons. The predicted molar refractivity (Wildman–Crippen MR) is 74.3 cm³/mol. The van der Waals surface area contributed by atoms with Crippen molar-refractivity contribution in [2.75, 3.05) is 5.73 Å². The maximum atomic E-state index is 11.9. The fourth-order valence-corrected chi connectivity index (χ4v) is 1.85. The molecule has 1 amide bonds. The second-order valence-corrected chi connectivity index (χ2v) is 4.69. The predicted octanol–water partition coefficient (Wildman–Crippen LogP) is 2.75. The summed E-state index contributed by atoms with van der Waals surface area (Å²) >= 11 is 0. The Hall–Kier alpha value is -1.58. The van der Waals surface area contributed by atoms with E-state index in [9.17, 15) is 4.79 Å². The van der Waals surface area contributed by atoms with Crippen molar-refractivity contribution in [3.8, 4) is 0 Å². The summed E-state index contributed by atoms with van der Waals surface area (Å²) in [5, 5.41) is 2.98. The van der Waals surface area contributed by atoms with E-state index >= 15 is 0 Å². The van der Waals surface area contributed by atoms with Crippen LogP contribution >= 0.6 is 0 Å². The highest BCUT2D eigenvalue weighted by Gasteiger charge is 2.09. The number of hydrogen-bond acceptors (Lipinski definition) is 3. The molecule has 0 aliphatic heterocycles. The molecule has 4 nitrogen and oxygen atoms in total. The molecule has 1 aromatic heterocycles. The number of carbonyl (C=O) groups excluding carboxylic acids is 1. The average molecular weight is 249 g/mol. The van der Waals surface area contributed by atoms with E-state index in [4.69, 9.17) is 5.73 Å². The minimum Gasteiger partial charge on any atom is -0.384 e. The van der Waals surface area contributed by atoms with Crippen molar-refractivity contribution in [1.29, 1.82) is 0 Å². The number of carbonyl (C=O) groups is 1. The molecule has 0 bridgehead atoms. The van der Waals surface area contributed by atoms with E-state index < -0.39 is 0 Å². The normalized spacial score (nSPS) is 12.1. The second-order valence-electron chi connectivity index (χ2n) is 4.69. The molecule has 0 radical (unpaired) electrons. The minimum absolute atomic E-state index is 0.0768. The maximum Gasteiger partial charge on any atom is 0.251 e. The zero-order valence-corrected chi connectivity index (χ0v) is 11.3. The van der Waals surface area contributed by atoms with Crippen molar-refractivity contribution >= 4 is 11.7 Å². The fourth-order valence-electron chi connectivity index (χ4n) is 1.85. The number of rotatable bonds is 7. The number of nitrogen functional groups attached to an aromatic ring is 1. The minimum atomic E-state index is -0.0768. The van der Waals surface area contributed by atoms with Crippen LogP contribution in [0.3, 0.4) is 0 Å². The SMILES string of the molecule is CCCCCCC(C)NC(=O)c1ccnc(N)c1. The number of pyridine rings is 1. The largest absolute Gasteiger partial charge is 0.384 e. The third kappa shape index (κ3) is 5.17. The Morgan fingerprint density at radius 3 is 2.89 bits per heavy atom. The van der Waals surface area contributed by atoms with Crippen LogP contribution in [-0.2, 0) is 0 Å². The highest BCUT2D eigenvalue weighted by molar-refractivity contribution is 5.94. The summed E-state index contributed by atoms with van der Waals surface area (Å²) in [6.07, 6.45) is 7.47. The first kappa shape index (κ1) is 14.5. The van der Waals surface area contributed by atoms with E-state index in [2.05, 4.69) is 17.2 Å². The van der Waals surface area contributed by atoms with E-state index in [-0.39, 0.29) is 11.9 Å². The molecule has 1 rings (SSSR count). The van der Waals surface area contributed by atoms with Crippen molar-refractivity contribution in [3.63, 3.8) is 0 Å². The molecule has 1 aromatic rings. The van der Waals surface area contributed by atoms with Gasteiger partial charge < -0.3 is 11.1 Å². The zero-order valence-electron chi connectivity index (χ0n) is 11.3. The van der Waals surface area contributed by atoms with E-state index in [0.29, 0.717) is 11.4 Å². The molecule has 1 heterocycles. The summed E-state index contributed by atoms with van der Waals surface area (Å²) in [6, 6.07) is 3.47. The molecule has 0 aliphatic carbocycles. The van der Waals surface area contributed by atoms with Gasteiger partial charge >= 0.3 is 0 Å². The fraction of sp³-hybridized carbons (Fsp3) is 0.571. The van der Waals surface area contributed by atoms with Crippen LogP contribution in [0.25, 0.3) is 0 Å². The quantitative estimate of drug-likeness (QED) is 0.730. The van der Waals surface area contributed by atoms with Crippen LogP contribution in [0.4, 0.5) is 5.82 Å². The lowest BCUT2D eigenvalue weighted by Gasteiger charge is -2.13. The number of nitrogens with two attached hydrogens (primary N) is 1. The molecule has 3 N–H and O–H groups in total. The lowest BCUT2D eigenvalue weighted by Crippen LogP contribution is -2.32. The standard InChI is InChI=1S/C14H23N3O/c1-3-4-5-6-7-11(2)17-14(18)12-8-9-16-13(15)10-12/h8-11H,3-7H2,1-2H3,(H2,15,16)(H,17,18). The third-order valence-corrected chi connectivity index (χ3v) is 2.91. The zero-order chi connectivity index (χ0) is 13.4. The van der Waals surface area contributed by atoms with Gasteiger partial charge in [0.25, 0.3) is 5.91 Å². The van der Waals surface area contributed by atoms with Gasteiger partial charge in [-0.05, 0) is 25.5 Å². The van der Waals surface area contributed by atoms with Gasteiger partial charge in [-0.3, -0.25) is 4.79 Å². The van der Waals surface area contributed by atoms with Crippen LogP contribution in [0.2, 0.25) is 0 Å². The summed E-state index contributed by atoms with van der Waals surface area (Å²) < 4.78 is 0. The summed E-state index contributed by atoms with van der Waals surface area (Å²) in [6.45, 7) is 4.23. The highest BCUT2D eigenvalue weighted by Crippen LogP contribution is 2.07. The molecule has 0 saturated heterocycles. The van der Waals surface area contributed by atoms with Crippen molar-refractivity contribution in [3.05, 3.63) is 23.9 Å². The molecule has 0 spiro atoms. The third-order valence-electron chi connectivity index (χ3n) is 2.91. The van der Waals surface area contributed by atoms with Crippen molar-refractivity contribution in [2.24, 2.45) is 0 Å². The van der Waals surface area contributed by atoms with E-state index in [1.165, 1.54) is 19.3 Å². The molecule has 0 aliphatic rings. The van der Waals surface area contributed by atoms with Gasteiger partial charge in [-0.1, -0.05) is 32.6 Å². The molecule has 0 aromatic carbocycles. The Labute approximate surface area is 109 Å². The Bertz CT molecular complexity index is 379. The number of amides is 1. The van der Waals surface area contributed by atoms with Crippen LogP contribution in [0, 0.1) is 0 Å². The van der Waals surface area contributed by atoms with E-state index in [1.807, 2.05) is 6.92 Å². The summed E-state index contributed by atoms with van der Waals surface area (Å²) in [7, 11) is 0. The molecule has 0 saturated carbocycles. The molecule has 1 unspecified atom stereocenters. The number of nitrogens with one attached hydrogen (secondary N) is 1. The Balaban J connectivity index is 2.35. The lowest BCUT2D eigenvalue weighted by atomic mass is 10.1. The van der Waals surface area contributed by atoms with Gasteiger partial charge in [0.05, 0.1) is 0 Å². The Morgan fingerprint density at radius 2 is 2.22 bits per heavy atom. The molecule has 18 heavy (non-hydrogen) atoms. The van der Waals surface area contributed by atoms with Gasteiger partial charge in [0.15, 0.2) is 0 Å². The molecule has 0 fully saturated rings. The smallest absolute Gasteiger partial charge is 0.251 e.